The molecule has 2 atom stereocenters. The van der Waals surface area contributed by atoms with Gasteiger partial charge in [-0.2, -0.15) is 0 Å². The second-order valence-corrected chi connectivity index (χ2v) is 5.31. The predicted octanol–water partition coefficient (Wildman–Crippen LogP) is 2.90. The van der Waals surface area contributed by atoms with Crippen LogP contribution in [0.3, 0.4) is 0 Å². The third kappa shape index (κ3) is 0.936. The number of allylic oxidation sites excluding steroid dienone is 2. The molecule has 3 aliphatic carbocycles. The summed E-state index contributed by atoms with van der Waals surface area (Å²) in [5.41, 5.74) is 0.239. The first-order valence-corrected chi connectivity index (χ1v) is 5.22. The van der Waals surface area contributed by atoms with E-state index in [-0.39, 0.29) is 11.3 Å². The Kier molecular flexibility index (Phi) is 1.73. The average molecular weight is 229 g/mol. The van der Waals surface area contributed by atoms with Crippen LogP contribution in [0.1, 0.15) is 26.7 Å². The number of Topliss-reactive ketones (excluding diaryl/α,β-unsaturated/α-hetero) is 1. The fraction of sp³-hybridized carbons (Fsp3) is 0.700. The molecular weight excluding hydrogens is 216 g/mol. The molecule has 0 aromatic heterocycles. The maximum atomic E-state index is 11.7. The highest BCUT2D eigenvalue weighted by molar-refractivity contribution is 9.12. The number of rotatable bonds is 0. The quantitative estimate of drug-likeness (QED) is 0.624. The van der Waals surface area contributed by atoms with Crippen LogP contribution in [0.15, 0.2) is 10.6 Å². The highest BCUT2D eigenvalue weighted by Crippen LogP contribution is 2.56. The van der Waals surface area contributed by atoms with Gasteiger partial charge in [0.2, 0.25) is 0 Å². The van der Waals surface area contributed by atoms with Crippen molar-refractivity contribution in [1.82, 2.24) is 0 Å². The van der Waals surface area contributed by atoms with Gasteiger partial charge in [0.25, 0.3) is 0 Å². The van der Waals surface area contributed by atoms with Crippen LogP contribution in [0.25, 0.3) is 0 Å². The number of halogens is 1. The van der Waals surface area contributed by atoms with E-state index in [9.17, 15) is 4.79 Å². The largest absolute Gasteiger partial charge is 0.293 e. The van der Waals surface area contributed by atoms with Gasteiger partial charge in [0.15, 0.2) is 5.78 Å². The highest BCUT2D eigenvalue weighted by atomic mass is 79.9. The molecule has 0 amide bonds. The Morgan fingerprint density at radius 2 is 2.25 bits per heavy atom. The molecule has 0 aromatic carbocycles. The number of ketones is 1. The molecule has 2 heteroatoms. The molecule has 1 nitrogen and oxygen atoms in total. The molecule has 0 unspecified atom stereocenters. The molecule has 3 rings (SSSR count). The van der Waals surface area contributed by atoms with Crippen LogP contribution in [0.4, 0.5) is 0 Å². The molecule has 0 N–H and O–H groups in total. The molecule has 0 spiro atoms. The van der Waals surface area contributed by atoms with E-state index in [0.29, 0.717) is 5.78 Å². The molecule has 0 saturated heterocycles. The zero-order chi connectivity index (χ0) is 8.93. The maximum Gasteiger partial charge on any atom is 0.173 e. The van der Waals surface area contributed by atoms with E-state index in [1.165, 1.54) is 0 Å². The van der Waals surface area contributed by atoms with Gasteiger partial charge in [-0.15, -0.1) is 0 Å². The lowest BCUT2D eigenvalue weighted by Gasteiger charge is -2.50. The van der Waals surface area contributed by atoms with E-state index < -0.39 is 0 Å². The van der Waals surface area contributed by atoms with Crippen LogP contribution >= 0.6 is 15.9 Å². The summed E-state index contributed by atoms with van der Waals surface area (Å²) in [6.07, 6.45) is 4.20. The molecule has 0 aromatic rings. The fourth-order valence-corrected chi connectivity index (χ4v) is 2.84. The first-order valence-electron chi connectivity index (χ1n) is 4.43. The zero-order valence-corrected chi connectivity index (χ0v) is 9.02. The Labute approximate surface area is 81.4 Å². The zero-order valence-electron chi connectivity index (χ0n) is 7.43. The summed E-state index contributed by atoms with van der Waals surface area (Å²) in [5, 5.41) is 0. The Hall–Kier alpha value is -0.110. The van der Waals surface area contributed by atoms with Gasteiger partial charge in [-0.1, -0.05) is 19.9 Å². The summed E-state index contributed by atoms with van der Waals surface area (Å²) < 4.78 is 0.806. The van der Waals surface area contributed by atoms with Crippen molar-refractivity contribution in [2.75, 3.05) is 0 Å². The lowest BCUT2D eigenvalue weighted by atomic mass is 9.54. The average Bonchev–Trinajstić information content (AvgIpc) is 2.18. The number of hydrogen-bond acceptors (Lipinski definition) is 1. The molecule has 0 radical (unpaired) electrons. The molecule has 2 bridgehead atoms. The number of carbonyl (C=O) groups is 1. The Morgan fingerprint density at radius 1 is 1.58 bits per heavy atom. The van der Waals surface area contributed by atoms with Crippen LogP contribution in [-0.2, 0) is 4.79 Å². The van der Waals surface area contributed by atoms with Gasteiger partial charge in [0, 0.05) is 5.92 Å². The SMILES string of the molecule is CC1(C)[C@@H]2CC=C(Br)C(=O)[C@H]1C2. The van der Waals surface area contributed by atoms with Crippen LogP contribution in [0.5, 0.6) is 0 Å². The van der Waals surface area contributed by atoms with Gasteiger partial charge in [-0.3, -0.25) is 4.79 Å². The molecule has 1 saturated carbocycles. The molecule has 66 valence electrons. The summed E-state index contributed by atoms with van der Waals surface area (Å²) in [6, 6.07) is 0. The van der Waals surface area contributed by atoms with E-state index in [4.69, 9.17) is 0 Å². The number of hydrogen-bond donors (Lipinski definition) is 0. The molecule has 1 fully saturated rings. The van der Waals surface area contributed by atoms with Gasteiger partial charge in [0.1, 0.15) is 0 Å². The van der Waals surface area contributed by atoms with E-state index in [1.807, 2.05) is 6.08 Å². The van der Waals surface area contributed by atoms with Crippen molar-refractivity contribution in [3.8, 4) is 0 Å². The van der Waals surface area contributed by atoms with E-state index in [1.54, 1.807) is 0 Å². The topological polar surface area (TPSA) is 17.1 Å². The van der Waals surface area contributed by atoms with Crippen molar-refractivity contribution in [3.63, 3.8) is 0 Å². The third-order valence-corrected chi connectivity index (χ3v) is 4.32. The molecule has 3 aliphatic rings. The van der Waals surface area contributed by atoms with Gasteiger partial charge < -0.3 is 0 Å². The normalized spacial score (nSPS) is 38.2. The van der Waals surface area contributed by atoms with Crippen LogP contribution in [-0.4, -0.2) is 5.78 Å². The number of fused-ring (bicyclic) bond motifs is 2. The van der Waals surface area contributed by atoms with Crippen molar-refractivity contribution in [3.05, 3.63) is 10.6 Å². The Balaban J connectivity index is 2.33. The second-order valence-electron chi connectivity index (χ2n) is 4.46. The van der Waals surface area contributed by atoms with E-state index >= 15 is 0 Å². The van der Waals surface area contributed by atoms with Gasteiger partial charge in [0.05, 0.1) is 4.48 Å². The van der Waals surface area contributed by atoms with Crippen molar-refractivity contribution in [2.24, 2.45) is 17.3 Å². The van der Waals surface area contributed by atoms with E-state index in [2.05, 4.69) is 29.8 Å². The molecule has 0 aliphatic heterocycles. The van der Waals surface area contributed by atoms with Crippen molar-refractivity contribution in [1.29, 1.82) is 0 Å². The fourth-order valence-electron chi connectivity index (χ4n) is 2.37. The number of carbonyl (C=O) groups excluding carboxylic acids is 1. The third-order valence-electron chi connectivity index (χ3n) is 3.60. The molecule has 0 heterocycles. The minimum atomic E-state index is 0.239. The Bertz CT molecular complexity index is 265. The van der Waals surface area contributed by atoms with Crippen LogP contribution < -0.4 is 0 Å². The smallest absolute Gasteiger partial charge is 0.173 e. The monoisotopic (exact) mass is 228 g/mol. The standard InChI is InChI=1S/C10H13BrO/c1-10(2)6-3-4-8(11)9(12)7(10)5-6/h4,6-7H,3,5H2,1-2H3/t6-,7-/m1/s1. The van der Waals surface area contributed by atoms with Crippen molar-refractivity contribution in [2.45, 2.75) is 26.7 Å². The second kappa shape index (κ2) is 2.44. The summed E-state index contributed by atoms with van der Waals surface area (Å²) >= 11 is 3.33. The minimum absolute atomic E-state index is 0.239. The molecular formula is C10H13BrO. The lowest BCUT2D eigenvalue weighted by Crippen LogP contribution is -2.47. The van der Waals surface area contributed by atoms with Crippen molar-refractivity contribution < 1.29 is 4.79 Å². The van der Waals surface area contributed by atoms with E-state index in [0.717, 1.165) is 23.2 Å². The summed E-state index contributed by atoms with van der Waals surface area (Å²) in [4.78, 5) is 11.7. The van der Waals surface area contributed by atoms with Gasteiger partial charge in [-0.25, -0.2) is 0 Å². The minimum Gasteiger partial charge on any atom is -0.293 e. The predicted molar refractivity (Wildman–Crippen MR) is 52.0 cm³/mol. The molecule has 12 heavy (non-hydrogen) atoms. The van der Waals surface area contributed by atoms with Gasteiger partial charge >= 0.3 is 0 Å². The highest BCUT2D eigenvalue weighted by Gasteiger charge is 2.52. The summed E-state index contributed by atoms with van der Waals surface area (Å²) in [6.45, 7) is 4.42. The van der Waals surface area contributed by atoms with Crippen LogP contribution in [0, 0.1) is 17.3 Å². The lowest BCUT2D eigenvalue weighted by molar-refractivity contribution is -0.132. The summed E-state index contributed by atoms with van der Waals surface area (Å²) in [5.74, 6) is 1.31. The van der Waals surface area contributed by atoms with Gasteiger partial charge in [-0.05, 0) is 40.1 Å². The van der Waals surface area contributed by atoms with Crippen LogP contribution in [0.2, 0.25) is 0 Å². The maximum absolute atomic E-state index is 11.7. The first-order chi connectivity index (χ1) is 5.53. The Morgan fingerprint density at radius 3 is 2.83 bits per heavy atom. The summed E-state index contributed by atoms with van der Waals surface area (Å²) in [7, 11) is 0. The first kappa shape index (κ1) is 8.49. The van der Waals surface area contributed by atoms with Crippen molar-refractivity contribution >= 4 is 21.7 Å².